The molecule has 4 rings (SSSR count). The van der Waals surface area contributed by atoms with E-state index in [1.807, 2.05) is 52.9 Å². The highest BCUT2D eigenvalue weighted by Gasteiger charge is 2.22. The molecule has 0 atom stereocenters. The van der Waals surface area contributed by atoms with Gasteiger partial charge in [0.2, 0.25) is 5.91 Å². The summed E-state index contributed by atoms with van der Waals surface area (Å²) in [5.41, 5.74) is 1.14. The van der Waals surface area contributed by atoms with Gasteiger partial charge in [-0.1, -0.05) is 12.1 Å². The molecule has 0 bridgehead atoms. The summed E-state index contributed by atoms with van der Waals surface area (Å²) < 4.78 is 7.11. The summed E-state index contributed by atoms with van der Waals surface area (Å²) in [6.45, 7) is 4.86. The monoisotopic (exact) mass is 406 g/mol. The molecule has 2 aromatic heterocycles. The van der Waals surface area contributed by atoms with Crippen molar-refractivity contribution in [1.29, 1.82) is 0 Å². The molecule has 0 radical (unpaired) electrons. The van der Waals surface area contributed by atoms with E-state index < -0.39 is 0 Å². The van der Waals surface area contributed by atoms with E-state index >= 15 is 0 Å². The molecule has 1 aliphatic heterocycles. The second-order valence-electron chi connectivity index (χ2n) is 7.29. The van der Waals surface area contributed by atoms with Gasteiger partial charge in [-0.15, -0.1) is 0 Å². The van der Waals surface area contributed by atoms with Crippen molar-refractivity contribution in [1.82, 2.24) is 24.4 Å². The van der Waals surface area contributed by atoms with Crippen LogP contribution in [-0.4, -0.2) is 63.6 Å². The van der Waals surface area contributed by atoms with Crippen molar-refractivity contribution in [3.63, 3.8) is 0 Å². The normalized spacial score (nSPS) is 14.1. The van der Waals surface area contributed by atoms with E-state index in [0.717, 1.165) is 48.3 Å². The molecular formula is C22H26N6O2. The Morgan fingerprint density at radius 2 is 1.77 bits per heavy atom. The first-order valence-electron chi connectivity index (χ1n) is 10.1. The zero-order valence-corrected chi connectivity index (χ0v) is 17.4. The third-order valence-corrected chi connectivity index (χ3v) is 5.45. The summed E-state index contributed by atoms with van der Waals surface area (Å²) in [5.74, 6) is 3.58. The molecule has 8 heteroatoms. The average Bonchev–Trinajstić information content (AvgIpc) is 3.24. The van der Waals surface area contributed by atoms with Crippen LogP contribution in [0, 0.1) is 6.92 Å². The standard InChI is InChI=1S/C22H26N6O2/c1-17-23-9-10-28(17)21-15-20(24-16-25-21)26-11-13-27(14-12-26)22(29)8-5-18-3-6-19(30-2)7-4-18/h3-4,6-7,9-10,15-16H,5,8,11-14H2,1-2H3. The molecule has 3 aromatic rings. The molecule has 0 N–H and O–H groups in total. The Morgan fingerprint density at radius 1 is 1.03 bits per heavy atom. The van der Waals surface area contributed by atoms with E-state index in [0.29, 0.717) is 19.5 Å². The fraction of sp³-hybridized carbons (Fsp3) is 0.364. The van der Waals surface area contributed by atoms with Gasteiger partial charge in [-0.2, -0.15) is 0 Å². The second-order valence-corrected chi connectivity index (χ2v) is 7.29. The highest BCUT2D eigenvalue weighted by Crippen LogP contribution is 2.18. The van der Waals surface area contributed by atoms with Gasteiger partial charge in [0.1, 0.15) is 29.5 Å². The first-order valence-corrected chi connectivity index (χ1v) is 10.1. The lowest BCUT2D eigenvalue weighted by Crippen LogP contribution is -2.49. The van der Waals surface area contributed by atoms with Crippen LogP contribution in [0.3, 0.4) is 0 Å². The fourth-order valence-electron chi connectivity index (χ4n) is 3.65. The largest absolute Gasteiger partial charge is 0.497 e. The number of amides is 1. The van der Waals surface area contributed by atoms with Gasteiger partial charge in [-0.3, -0.25) is 9.36 Å². The summed E-state index contributed by atoms with van der Waals surface area (Å²) in [5, 5.41) is 0. The number of rotatable bonds is 6. The predicted molar refractivity (Wildman–Crippen MR) is 114 cm³/mol. The molecule has 0 aliphatic carbocycles. The zero-order valence-electron chi connectivity index (χ0n) is 17.4. The number of aromatic nitrogens is 4. The molecular weight excluding hydrogens is 380 g/mol. The molecule has 3 heterocycles. The van der Waals surface area contributed by atoms with E-state index in [-0.39, 0.29) is 5.91 Å². The molecule has 1 aliphatic rings. The quantitative estimate of drug-likeness (QED) is 0.625. The summed E-state index contributed by atoms with van der Waals surface area (Å²) in [6.07, 6.45) is 6.48. The number of nitrogens with zero attached hydrogens (tertiary/aromatic N) is 6. The number of hydrogen-bond acceptors (Lipinski definition) is 6. The topological polar surface area (TPSA) is 76.4 Å². The molecule has 0 unspecified atom stereocenters. The maximum Gasteiger partial charge on any atom is 0.223 e. The van der Waals surface area contributed by atoms with Crippen molar-refractivity contribution < 1.29 is 9.53 Å². The van der Waals surface area contributed by atoms with E-state index in [4.69, 9.17) is 4.74 Å². The average molecular weight is 406 g/mol. The van der Waals surface area contributed by atoms with Gasteiger partial charge in [-0.25, -0.2) is 15.0 Å². The first kappa shape index (κ1) is 19.9. The smallest absolute Gasteiger partial charge is 0.223 e. The number of carbonyl (C=O) groups is 1. The minimum absolute atomic E-state index is 0.197. The number of piperazine rings is 1. The van der Waals surface area contributed by atoms with E-state index in [9.17, 15) is 4.79 Å². The third kappa shape index (κ3) is 4.42. The zero-order chi connectivity index (χ0) is 20.9. The summed E-state index contributed by atoms with van der Waals surface area (Å²) >= 11 is 0. The number of hydrogen-bond donors (Lipinski definition) is 0. The Balaban J connectivity index is 1.31. The van der Waals surface area contributed by atoms with E-state index in [2.05, 4.69) is 19.9 Å². The molecule has 1 amide bonds. The molecule has 1 fully saturated rings. The summed E-state index contributed by atoms with van der Waals surface area (Å²) in [7, 11) is 1.65. The second kappa shape index (κ2) is 8.94. The van der Waals surface area contributed by atoms with Crippen molar-refractivity contribution in [2.24, 2.45) is 0 Å². The highest BCUT2D eigenvalue weighted by molar-refractivity contribution is 5.76. The van der Waals surface area contributed by atoms with Crippen LogP contribution in [0.4, 0.5) is 5.82 Å². The highest BCUT2D eigenvalue weighted by atomic mass is 16.5. The number of benzene rings is 1. The lowest BCUT2D eigenvalue weighted by atomic mass is 10.1. The van der Waals surface area contributed by atoms with Crippen LogP contribution in [0.25, 0.3) is 5.82 Å². The number of carbonyl (C=O) groups excluding carboxylic acids is 1. The van der Waals surface area contributed by atoms with Crippen LogP contribution in [0.5, 0.6) is 5.75 Å². The Morgan fingerprint density at radius 3 is 2.43 bits per heavy atom. The Kier molecular flexibility index (Phi) is 5.92. The maximum absolute atomic E-state index is 12.6. The summed E-state index contributed by atoms with van der Waals surface area (Å²) in [4.78, 5) is 29.8. The van der Waals surface area contributed by atoms with Crippen LogP contribution in [-0.2, 0) is 11.2 Å². The van der Waals surface area contributed by atoms with E-state index in [1.165, 1.54) is 0 Å². The number of imidazole rings is 1. The Hall–Kier alpha value is -3.42. The molecule has 8 nitrogen and oxygen atoms in total. The number of ether oxygens (including phenoxy) is 1. The van der Waals surface area contributed by atoms with Gasteiger partial charge in [-0.05, 0) is 31.0 Å². The first-order chi connectivity index (χ1) is 14.6. The Bertz CT molecular complexity index is 993. The molecule has 1 aromatic carbocycles. The van der Waals surface area contributed by atoms with Crippen molar-refractivity contribution in [2.75, 3.05) is 38.2 Å². The maximum atomic E-state index is 12.6. The lowest BCUT2D eigenvalue weighted by molar-refractivity contribution is -0.131. The number of anilines is 1. The minimum Gasteiger partial charge on any atom is -0.497 e. The SMILES string of the molecule is COc1ccc(CCC(=O)N2CCN(c3cc(-n4ccnc4C)ncn3)CC2)cc1. The number of aryl methyl sites for hydroxylation is 2. The third-order valence-electron chi connectivity index (χ3n) is 5.45. The lowest BCUT2D eigenvalue weighted by Gasteiger charge is -2.35. The molecule has 30 heavy (non-hydrogen) atoms. The van der Waals surface area contributed by atoms with Gasteiger partial charge < -0.3 is 14.5 Å². The van der Waals surface area contributed by atoms with Crippen molar-refractivity contribution in [3.8, 4) is 11.6 Å². The summed E-state index contributed by atoms with van der Waals surface area (Å²) in [6, 6.07) is 9.85. The molecule has 1 saturated heterocycles. The van der Waals surface area contributed by atoms with Crippen molar-refractivity contribution in [2.45, 2.75) is 19.8 Å². The van der Waals surface area contributed by atoms with Crippen LogP contribution in [0.15, 0.2) is 49.1 Å². The molecule has 0 spiro atoms. The predicted octanol–water partition coefficient (Wildman–Crippen LogP) is 2.26. The fourth-order valence-corrected chi connectivity index (χ4v) is 3.65. The van der Waals surface area contributed by atoms with Crippen LogP contribution >= 0.6 is 0 Å². The Labute approximate surface area is 176 Å². The van der Waals surface area contributed by atoms with Crippen LogP contribution in [0.1, 0.15) is 17.8 Å². The number of methoxy groups -OCH3 is 1. The van der Waals surface area contributed by atoms with Gasteiger partial charge in [0.05, 0.1) is 7.11 Å². The molecule has 156 valence electrons. The van der Waals surface area contributed by atoms with Crippen molar-refractivity contribution >= 4 is 11.7 Å². The minimum atomic E-state index is 0.197. The van der Waals surface area contributed by atoms with Gasteiger partial charge >= 0.3 is 0 Å². The van der Waals surface area contributed by atoms with Gasteiger partial charge in [0, 0.05) is 51.1 Å². The van der Waals surface area contributed by atoms with E-state index in [1.54, 1.807) is 19.6 Å². The van der Waals surface area contributed by atoms with Crippen LogP contribution in [0.2, 0.25) is 0 Å². The van der Waals surface area contributed by atoms with Crippen LogP contribution < -0.4 is 9.64 Å². The molecule has 0 saturated carbocycles. The van der Waals surface area contributed by atoms with Gasteiger partial charge in [0.25, 0.3) is 0 Å². The van der Waals surface area contributed by atoms with Gasteiger partial charge in [0.15, 0.2) is 0 Å². The van der Waals surface area contributed by atoms with Crippen molar-refractivity contribution in [3.05, 3.63) is 60.4 Å².